The summed E-state index contributed by atoms with van der Waals surface area (Å²) in [6.45, 7) is 3.14. The highest BCUT2D eigenvalue weighted by molar-refractivity contribution is 7.93. The van der Waals surface area contributed by atoms with Crippen molar-refractivity contribution in [1.82, 2.24) is 5.32 Å². The van der Waals surface area contributed by atoms with Crippen LogP contribution in [-0.4, -0.2) is 42.2 Å². The number of hydrogen-bond acceptors (Lipinski definition) is 6. The summed E-state index contributed by atoms with van der Waals surface area (Å²) in [6.07, 6.45) is 0. The van der Waals surface area contributed by atoms with Gasteiger partial charge in [0.25, 0.3) is 10.0 Å². The number of aryl methyl sites for hydroxylation is 1. The summed E-state index contributed by atoms with van der Waals surface area (Å²) in [6, 6.07) is 18.3. The smallest absolute Gasteiger partial charge is 0.268 e. The van der Waals surface area contributed by atoms with E-state index in [0.717, 1.165) is 15.4 Å². The minimum atomic E-state index is -4.19. The number of carbonyl (C=O) groups excluding carboxylic acids is 1. The van der Waals surface area contributed by atoms with Crippen molar-refractivity contribution in [3.05, 3.63) is 77.9 Å². The molecule has 35 heavy (non-hydrogen) atoms. The van der Waals surface area contributed by atoms with Crippen LogP contribution in [0.2, 0.25) is 0 Å². The molecule has 3 aromatic rings. The Hall–Kier alpha value is -3.72. The van der Waals surface area contributed by atoms with Crippen LogP contribution < -0.4 is 23.8 Å². The van der Waals surface area contributed by atoms with E-state index in [9.17, 15) is 13.2 Å². The van der Waals surface area contributed by atoms with Crippen molar-refractivity contribution in [2.75, 3.05) is 32.2 Å². The SMILES string of the molecule is COc1cccc(N(CC(=O)N[C@H](C)c2ccccc2OC)S(=O)(=O)c2cc(C)ccc2OC)c1. The Balaban J connectivity index is 2.00. The largest absolute Gasteiger partial charge is 0.497 e. The zero-order chi connectivity index (χ0) is 25.6. The number of carbonyl (C=O) groups is 1. The number of nitrogens with zero attached hydrogens (tertiary/aromatic N) is 1. The summed E-state index contributed by atoms with van der Waals surface area (Å²) in [5.74, 6) is 0.788. The number of amides is 1. The van der Waals surface area contributed by atoms with Crippen molar-refractivity contribution in [3.8, 4) is 17.2 Å². The lowest BCUT2D eigenvalue weighted by Gasteiger charge is -2.26. The molecule has 0 aliphatic rings. The first-order chi connectivity index (χ1) is 16.7. The van der Waals surface area contributed by atoms with Crippen molar-refractivity contribution < 1.29 is 27.4 Å². The predicted molar refractivity (Wildman–Crippen MR) is 135 cm³/mol. The number of hydrogen-bond donors (Lipinski definition) is 1. The molecule has 0 aliphatic heterocycles. The molecule has 0 saturated heterocycles. The zero-order valence-corrected chi connectivity index (χ0v) is 21.3. The van der Waals surface area contributed by atoms with Crippen LogP contribution in [-0.2, 0) is 14.8 Å². The van der Waals surface area contributed by atoms with Gasteiger partial charge in [-0.1, -0.05) is 30.3 Å². The van der Waals surface area contributed by atoms with Gasteiger partial charge in [-0.15, -0.1) is 0 Å². The Morgan fingerprint density at radius 3 is 2.31 bits per heavy atom. The third-order valence-corrected chi connectivity index (χ3v) is 7.29. The third-order valence-electron chi connectivity index (χ3n) is 5.50. The number of sulfonamides is 1. The molecule has 0 aromatic heterocycles. The van der Waals surface area contributed by atoms with Crippen LogP contribution in [0.25, 0.3) is 0 Å². The Bertz CT molecular complexity index is 1290. The summed E-state index contributed by atoms with van der Waals surface area (Å²) in [5, 5.41) is 2.88. The highest BCUT2D eigenvalue weighted by Crippen LogP contribution is 2.32. The van der Waals surface area contributed by atoms with Gasteiger partial charge < -0.3 is 19.5 Å². The summed E-state index contributed by atoms with van der Waals surface area (Å²) < 4.78 is 44.8. The minimum absolute atomic E-state index is 0.0339. The van der Waals surface area contributed by atoms with Crippen molar-refractivity contribution in [3.63, 3.8) is 0 Å². The van der Waals surface area contributed by atoms with Crippen LogP contribution in [0.15, 0.2) is 71.6 Å². The monoisotopic (exact) mass is 498 g/mol. The highest BCUT2D eigenvalue weighted by Gasteiger charge is 2.31. The number of para-hydroxylation sites is 1. The van der Waals surface area contributed by atoms with E-state index in [0.29, 0.717) is 11.5 Å². The second kappa shape index (κ2) is 11.1. The number of ether oxygens (including phenoxy) is 3. The van der Waals surface area contributed by atoms with E-state index < -0.39 is 28.5 Å². The maximum absolute atomic E-state index is 13.9. The molecule has 3 rings (SSSR count). The van der Waals surface area contributed by atoms with Gasteiger partial charge in [-0.2, -0.15) is 0 Å². The number of benzene rings is 3. The summed E-state index contributed by atoms with van der Waals surface area (Å²) in [5.41, 5.74) is 1.80. The third kappa shape index (κ3) is 5.86. The Morgan fingerprint density at radius 2 is 1.63 bits per heavy atom. The lowest BCUT2D eigenvalue weighted by molar-refractivity contribution is -0.120. The highest BCUT2D eigenvalue weighted by atomic mass is 32.2. The molecule has 8 nitrogen and oxygen atoms in total. The molecule has 0 spiro atoms. The first-order valence-corrected chi connectivity index (χ1v) is 12.4. The van der Waals surface area contributed by atoms with Crippen LogP contribution in [0.3, 0.4) is 0 Å². The normalized spacial score (nSPS) is 11.9. The van der Waals surface area contributed by atoms with E-state index in [4.69, 9.17) is 14.2 Å². The number of nitrogens with one attached hydrogen (secondary N) is 1. The van der Waals surface area contributed by atoms with Crippen molar-refractivity contribution in [2.45, 2.75) is 24.8 Å². The molecule has 0 heterocycles. The van der Waals surface area contributed by atoms with E-state index in [1.54, 1.807) is 56.5 Å². The van der Waals surface area contributed by atoms with Gasteiger partial charge in [-0.05, 0) is 49.7 Å². The molecule has 1 N–H and O–H groups in total. The number of methoxy groups -OCH3 is 3. The minimum Gasteiger partial charge on any atom is -0.497 e. The summed E-state index contributed by atoms with van der Waals surface area (Å²) in [7, 11) is 0.263. The lowest BCUT2D eigenvalue weighted by Crippen LogP contribution is -2.41. The molecule has 9 heteroatoms. The van der Waals surface area contributed by atoms with Gasteiger partial charge in [0.2, 0.25) is 5.91 Å². The topological polar surface area (TPSA) is 94.2 Å². The number of rotatable bonds is 10. The van der Waals surface area contributed by atoms with E-state index in [1.807, 2.05) is 25.1 Å². The maximum atomic E-state index is 13.9. The molecule has 0 aliphatic carbocycles. The molecule has 0 unspecified atom stereocenters. The van der Waals surface area contributed by atoms with Gasteiger partial charge in [0.1, 0.15) is 28.7 Å². The first kappa shape index (κ1) is 25.9. The summed E-state index contributed by atoms with van der Waals surface area (Å²) in [4.78, 5) is 13.1. The Morgan fingerprint density at radius 1 is 0.914 bits per heavy atom. The fraction of sp³-hybridized carbons (Fsp3) is 0.269. The second-order valence-corrected chi connectivity index (χ2v) is 9.73. The molecule has 0 radical (unpaired) electrons. The molecule has 186 valence electrons. The Labute approximate surface area is 206 Å². The van der Waals surface area contributed by atoms with Crippen LogP contribution >= 0.6 is 0 Å². The summed E-state index contributed by atoms with van der Waals surface area (Å²) >= 11 is 0. The van der Waals surface area contributed by atoms with Crippen molar-refractivity contribution >= 4 is 21.6 Å². The Kier molecular flexibility index (Phi) is 8.24. The van der Waals surface area contributed by atoms with Gasteiger partial charge in [-0.3, -0.25) is 9.10 Å². The van der Waals surface area contributed by atoms with E-state index in [1.165, 1.54) is 20.3 Å². The van der Waals surface area contributed by atoms with Gasteiger partial charge in [0.15, 0.2) is 0 Å². The fourth-order valence-electron chi connectivity index (χ4n) is 3.70. The van der Waals surface area contributed by atoms with E-state index in [2.05, 4.69) is 5.32 Å². The lowest BCUT2D eigenvalue weighted by atomic mass is 10.1. The number of anilines is 1. The van der Waals surface area contributed by atoms with Gasteiger partial charge >= 0.3 is 0 Å². The average molecular weight is 499 g/mol. The quantitative estimate of drug-likeness (QED) is 0.452. The standard InChI is InChI=1S/C26H30N2O6S/c1-18-13-14-24(34-5)25(15-18)35(30,31)28(20-9-8-10-21(16-20)32-3)17-26(29)27-19(2)22-11-6-7-12-23(22)33-4/h6-16,19H,17H2,1-5H3,(H,27,29)/t19-/m1/s1. The zero-order valence-electron chi connectivity index (χ0n) is 20.4. The fourth-order valence-corrected chi connectivity index (χ4v) is 5.36. The van der Waals surface area contributed by atoms with Crippen LogP contribution in [0, 0.1) is 6.92 Å². The van der Waals surface area contributed by atoms with Crippen molar-refractivity contribution in [2.24, 2.45) is 0 Å². The van der Waals surface area contributed by atoms with Crippen LogP contribution in [0.1, 0.15) is 24.1 Å². The molecular weight excluding hydrogens is 468 g/mol. The molecule has 0 bridgehead atoms. The molecular formula is C26H30N2O6S. The van der Waals surface area contributed by atoms with Gasteiger partial charge in [-0.25, -0.2) is 8.42 Å². The van der Waals surface area contributed by atoms with Gasteiger partial charge in [0.05, 0.1) is 33.1 Å². The maximum Gasteiger partial charge on any atom is 0.268 e. The van der Waals surface area contributed by atoms with Crippen molar-refractivity contribution in [1.29, 1.82) is 0 Å². The van der Waals surface area contributed by atoms with Gasteiger partial charge in [0, 0.05) is 11.6 Å². The van der Waals surface area contributed by atoms with E-state index >= 15 is 0 Å². The van der Waals surface area contributed by atoms with E-state index in [-0.39, 0.29) is 16.3 Å². The molecule has 0 fully saturated rings. The average Bonchev–Trinajstić information content (AvgIpc) is 2.87. The van der Waals surface area contributed by atoms with Crippen LogP contribution in [0.4, 0.5) is 5.69 Å². The van der Waals surface area contributed by atoms with Crippen LogP contribution in [0.5, 0.6) is 17.2 Å². The first-order valence-electron chi connectivity index (χ1n) is 10.9. The predicted octanol–water partition coefficient (Wildman–Crippen LogP) is 4.09. The molecule has 1 atom stereocenters. The second-order valence-electron chi connectivity index (χ2n) is 7.90. The molecule has 3 aromatic carbocycles. The molecule has 0 saturated carbocycles. The molecule has 1 amide bonds.